The Hall–Kier alpha value is -2.08. The molecule has 0 saturated carbocycles. The molecule has 19 heavy (non-hydrogen) atoms. The summed E-state index contributed by atoms with van der Waals surface area (Å²) in [6.45, 7) is 1.68. The Morgan fingerprint density at radius 3 is 2.79 bits per heavy atom. The maximum absolute atomic E-state index is 11.8. The van der Waals surface area contributed by atoms with Gasteiger partial charge in [0.25, 0.3) is 0 Å². The fourth-order valence-electron chi connectivity index (χ4n) is 2.35. The first kappa shape index (κ1) is 13.4. The van der Waals surface area contributed by atoms with Crippen LogP contribution in [0, 0.1) is 5.92 Å². The monoisotopic (exact) mass is 266 g/mol. The van der Waals surface area contributed by atoms with Gasteiger partial charge in [-0.15, -0.1) is 0 Å². The highest BCUT2D eigenvalue weighted by molar-refractivity contribution is 5.96. The third kappa shape index (κ3) is 2.39. The Bertz CT molecular complexity index is 525. The molecule has 0 radical (unpaired) electrons. The van der Waals surface area contributed by atoms with E-state index in [4.69, 9.17) is 14.6 Å². The first-order chi connectivity index (χ1) is 8.93. The van der Waals surface area contributed by atoms with Crippen molar-refractivity contribution in [3.8, 4) is 0 Å². The predicted molar refractivity (Wildman–Crippen MR) is 64.1 cm³/mol. The largest absolute Gasteiger partial charge is 0.508 e. The van der Waals surface area contributed by atoms with Gasteiger partial charge in [0.1, 0.15) is 11.5 Å². The number of allylic oxidation sites excluding steroid dienone is 1. The summed E-state index contributed by atoms with van der Waals surface area (Å²) in [5.74, 6) is -1.93. The van der Waals surface area contributed by atoms with E-state index in [0.717, 1.165) is 0 Å². The van der Waals surface area contributed by atoms with E-state index in [9.17, 15) is 14.7 Å². The van der Waals surface area contributed by atoms with E-state index in [2.05, 4.69) is 0 Å². The number of carboxylic acid groups (broad SMARTS) is 1. The summed E-state index contributed by atoms with van der Waals surface area (Å²) < 4.78 is 10.3. The van der Waals surface area contributed by atoms with Crippen LogP contribution in [0.2, 0.25) is 0 Å². The molecule has 6 heteroatoms. The van der Waals surface area contributed by atoms with Crippen LogP contribution in [-0.2, 0) is 19.1 Å². The zero-order valence-electron chi connectivity index (χ0n) is 10.5. The van der Waals surface area contributed by atoms with Crippen molar-refractivity contribution >= 4 is 11.9 Å². The molecule has 0 bridgehead atoms. The van der Waals surface area contributed by atoms with Crippen LogP contribution >= 0.6 is 0 Å². The minimum Gasteiger partial charge on any atom is -0.508 e. The number of fused-ring (bicyclic) bond motifs is 1. The molecule has 1 aliphatic heterocycles. The molecule has 2 rings (SSSR count). The summed E-state index contributed by atoms with van der Waals surface area (Å²) in [5, 5.41) is 18.4. The van der Waals surface area contributed by atoms with Crippen LogP contribution in [0.3, 0.4) is 0 Å². The van der Waals surface area contributed by atoms with Crippen molar-refractivity contribution in [1.82, 2.24) is 0 Å². The zero-order valence-corrected chi connectivity index (χ0v) is 10.5. The average molecular weight is 266 g/mol. The van der Waals surface area contributed by atoms with Crippen LogP contribution in [0.15, 0.2) is 34.8 Å². The quantitative estimate of drug-likeness (QED) is 0.748. The number of carbonyl (C=O) groups is 2. The highest BCUT2D eigenvalue weighted by Crippen LogP contribution is 2.38. The second kappa shape index (κ2) is 4.89. The van der Waals surface area contributed by atoms with Crippen molar-refractivity contribution in [2.45, 2.75) is 19.4 Å². The molecular formula is C13H14O6. The van der Waals surface area contributed by atoms with Gasteiger partial charge in [0, 0.05) is 18.8 Å². The highest BCUT2D eigenvalue weighted by Gasteiger charge is 2.39. The van der Waals surface area contributed by atoms with Crippen molar-refractivity contribution in [2.75, 3.05) is 7.11 Å². The Kier molecular flexibility index (Phi) is 3.44. The first-order valence-corrected chi connectivity index (χ1v) is 5.72. The number of hydrogen-bond donors (Lipinski definition) is 2. The molecule has 0 aromatic carbocycles. The number of aliphatic carboxylic acids is 1. The average Bonchev–Trinajstić information content (AvgIpc) is 2.32. The zero-order chi connectivity index (χ0) is 14.2. The Morgan fingerprint density at radius 2 is 2.21 bits per heavy atom. The lowest BCUT2D eigenvalue weighted by Gasteiger charge is -2.33. The van der Waals surface area contributed by atoms with Gasteiger partial charge in [-0.05, 0) is 18.6 Å². The molecule has 0 spiro atoms. The first-order valence-electron chi connectivity index (χ1n) is 5.72. The Labute approximate surface area is 109 Å². The van der Waals surface area contributed by atoms with Gasteiger partial charge in [0.15, 0.2) is 0 Å². The fraction of sp³-hybridized carbons (Fsp3) is 0.385. The highest BCUT2D eigenvalue weighted by atomic mass is 16.5. The van der Waals surface area contributed by atoms with Crippen LogP contribution in [0.1, 0.15) is 13.3 Å². The molecule has 2 unspecified atom stereocenters. The molecule has 0 saturated heterocycles. The summed E-state index contributed by atoms with van der Waals surface area (Å²) in [6, 6.07) is 0. The topological polar surface area (TPSA) is 93.1 Å². The van der Waals surface area contributed by atoms with Crippen molar-refractivity contribution in [3.63, 3.8) is 0 Å². The van der Waals surface area contributed by atoms with Crippen LogP contribution in [0.5, 0.6) is 0 Å². The van der Waals surface area contributed by atoms with E-state index >= 15 is 0 Å². The van der Waals surface area contributed by atoms with Gasteiger partial charge in [-0.2, -0.15) is 0 Å². The van der Waals surface area contributed by atoms with Gasteiger partial charge in [0.2, 0.25) is 0 Å². The van der Waals surface area contributed by atoms with Crippen LogP contribution in [0.4, 0.5) is 0 Å². The van der Waals surface area contributed by atoms with Gasteiger partial charge < -0.3 is 19.7 Å². The summed E-state index contributed by atoms with van der Waals surface area (Å²) in [6.07, 6.45) is 1.96. The van der Waals surface area contributed by atoms with Crippen molar-refractivity contribution < 1.29 is 29.3 Å². The number of rotatable bonds is 3. The summed E-state index contributed by atoms with van der Waals surface area (Å²) in [4.78, 5) is 22.6. The maximum atomic E-state index is 11.8. The molecule has 2 N–H and O–H groups in total. The Balaban J connectivity index is 2.45. The van der Waals surface area contributed by atoms with Crippen molar-refractivity contribution in [3.05, 3.63) is 34.8 Å². The number of aliphatic hydroxyl groups is 1. The summed E-state index contributed by atoms with van der Waals surface area (Å²) in [7, 11) is 1.47. The van der Waals surface area contributed by atoms with E-state index in [1.807, 2.05) is 0 Å². The molecule has 1 aliphatic carbocycles. The third-order valence-electron chi connectivity index (χ3n) is 3.26. The van der Waals surface area contributed by atoms with E-state index < -0.39 is 18.0 Å². The number of aliphatic hydroxyl groups excluding tert-OH is 1. The van der Waals surface area contributed by atoms with Gasteiger partial charge in [0.05, 0.1) is 18.4 Å². The molecule has 102 valence electrons. The van der Waals surface area contributed by atoms with Gasteiger partial charge >= 0.3 is 11.9 Å². The second-order valence-electron chi connectivity index (χ2n) is 4.44. The number of carboxylic acids is 1. The van der Waals surface area contributed by atoms with E-state index in [-0.39, 0.29) is 29.4 Å². The van der Waals surface area contributed by atoms with Crippen molar-refractivity contribution in [2.24, 2.45) is 5.92 Å². The molecule has 0 amide bonds. The molecular weight excluding hydrogens is 252 g/mol. The van der Waals surface area contributed by atoms with E-state index in [0.29, 0.717) is 5.57 Å². The lowest BCUT2D eigenvalue weighted by molar-refractivity contribution is -0.142. The van der Waals surface area contributed by atoms with Crippen LogP contribution in [0.25, 0.3) is 0 Å². The third-order valence-corrected chi connectivity index (χ3v) is 3.26. The van der Waals surface area contributed by atoms with Gasteiger partial charge in [-0.25, -0.2) is 4.79 Å². The molecule has 1 heterocycles. The van der Waals surface area contributed by atoms with Crippen LogP contribution < -0.4 is 0 Å². The van der Waals surface area contributed by atoms with Gasteiger partial charge in [-0.1, -0.05) is 0 Å². The lowest BCUT2D eigenvalue weighted by Crippen LogP contribution is -2.34. The predicted octanol–water partition coefficient (Wildman–Crippen LogP) is 1.31. The molecule has 2 atom stereocenters. The van der Waals surface area contributed by atoms with E-state index in [1.165, 1.54) is 19.3 Å². The maximum Gasteiger partial charge on any atom is 0.339 e. The number of hydrogen-bond acceptors (Lipinski definition) is 5. The summed E-state index contributed by atoms with van der Waals surface area (Å²) >= 11 is 0. The standard InChI is InChI=1S/C13H14O6/c1-6-8(5-11(15)16)13(17)19-10-4-7(14)3-9(18-2)12(6)10/h3-4,9,12,14H,5H2,1-2H3,(H,15,16). The molecule has 2 aliphatic rings. The van der Waals surface area contributed by atoms with Crippen molar-refractivity contribution in [1.29, 1.82) is 0 Å². The molecule has 0 aromatic rings. The number of methoxy groups -OCH3 is 1. The second-order valence-corrected chi connectivity index (χ2v) is 4.44. The summed E-state index contributed by atoms with van der Waals surface area (Å²) in [5.41, 5.74) is 0.729. The van der Waals surface area contributed by atoms with E-state index in [1.54, 1.807) is 6.92 Å². The number of ether oxygens (including phenoxy) is 2. The minimum atomic E-state index is -1.10. The number of carbonyl (C=O) groups excluding carboxylic acids is 1. The number of esters is 1. The minimum absolute atomic E-state index is 0.0413. The SMILES string of the molecule is COC1C=C(O)C=C2OC(=O)C(CC(=O)O)=C(C)C21. The van der Waals surface area contributed by atoms with Gasteiger partial charge in [-0.3, -0.25) is 4.79 Å². The molecule has 6 nitrogen and oxygen atoms in total. The molecule has 0 fully saturated rings. The Morgan fingerprint density at radius 1 is 1.53 bits per heavy atom. The molecule has 0 aromatic heterocycles. The van der Waals surface area contributed by atoms with Crippen LogP contribution in [-0.4, -0.2) is 35.4 Å². The normalized spacial score (nSPS) is 26.3. The lowest BCUT2D eigenvalue weighted by atomic mass is 9.83. The smallest absolute Gasteiger partial charge is 0.339 e. The fourth-order valence-corrected chi connectivity index (χ4v) is 2.35.